The predicted molar refractivity (Wildman–Crippen MR) is 147 cm³/mol. The molecule has 8 nitrogen and oxygen atoms in total. The summed E-state index contributed by atoms with van der Waals surface area (Å²) in [5.41, 5.74) is 4.38. The van der Waals surface area contributed by atoms with Crippen LogP contribution in [0.15, 0.2) is 85.1 Å². The monoisotopic (exact) mass is 508 g/mol. The number of amides is 1. The van der Waals surface area contributed by atoms with Crippen LogP contribution in [0, 0.1) is 0 Å². The van der Waals surface area contributed by atoms with Gasteiger partial charge in [-0.15, -0.1) is 5.10 Å². The van der Waals surface area contributed by atoms with Crippen molar-refractivity contribution in [2.75, 3.05) is 13.6 Å². The summed E-state index contributed by atoms with van der Waals surface area (Å²) in [6, 6.07) is 26.4. The fourth-order valence-corrected chi connectivity index (χ4v) is 4.68. The summed E-state index contributed by atoms with van der Waals surface area (Å²) in [7, 11) is 1.87. The number of benzene rings is 3. The summed E-state index contributed by atoms with van der Waals surface area (Å²) in [6.45, 7) is 3.46. The summed E-state index contributed by atoms with van der Waals surface area (Å²) < 4.78 is 8.35. The van der Waals surface area contributed by atoms with Crippen molar-refractivity contribution in [2.24, 2.45) is 0 Å². The number of carbonyl (C=O) groups excluding carboxylic acids is 1. The first-order valence-corrected chi connectivity index (χ1v) is 12.9. The molecule has 0 saturated carbocycles. The molecule has 0 aliphatic carbocycles. The normalized spacial score (nSPS) is 11.9. The molecular weight excluding hydrogens is 476 g/mol. The number of hydrogen-bond acceptors (Lipinski definition) is 5. The van der Waals surface area contributed by atoms with Crippen LogP contribution >= 0.6 is 0 Å². The van der Waals surface area contributed by atoms with E-state index in [4.69, 9.17) is 4.74 Å². The molecule has 194 valence electrons. The van der Waals surface area contributed by atoms with Crippen molar-refractivity contribution in [3.05, 3.63) is 108 Å². The Labute approximate surface area is 222 Å². The molecule has 0 radical (unpaired) electrons. The lowest BCUT2D eigenvalue weighted by atomic mass is 9.99. The van der Waals surface area contributed by atoms with Gasteiger partial charge in [0.05, 0.1) is 5.52 Å². The zero-order valence-corrected chi connectivity index (χ0v) is 21.7. The molecule has 5 rings (SSSR count). The van der Waals surface area contributed by atoms with E-state index in [1.807, 2.05) is 66.2 Å². The number of carbonyl (C=O) groups is 1. The highest BCUT2D eigenvalue weighted by molar-refractivity contribution is 5.91. The number of tetrazole rings is 1. The average Bonchev–Trinajstić information content (AvgIpc) is 3.61. The van der Waals surface area contributed by atoms with Crippen LogP contribution in [0.4, 0.5) is 0 Å². The van der Waals surface area contributed by atoms with Crippen LogP contribution in [0.5, 0.6) is 5.75 Å². The second-order valence-corrected chi connectivity index (χ2v) is 9.65. The maximum Gasteiger partial charge on any atom is 0.242 e. The second kappa shape index (κ2) is 11.7. The van der Waals surface area contributed by atoms with Gasteiger partial charge in [-0.25, -0.2) is 5.10 Å². The predicted octanol–water partition coefficient (Wildman–Crippen LogP) is 4.78. The van der Waals surface area contributed by atoms with Crippen molar-refractivity contribution in [1.82, 2.24) is 30.1 Å². The van der Waals surface area contributed by atoms with E-state index < -0.39 is 0 Å². The van der Waals surface area contributed by atoms with E-state index in [-0.39, 0.29) is 18.4 Å². The molecule has 1 N–H and O–H groups in total. The Morgan fingerprint density at radius 2 is 1.74 bits per heavy atom. The topological polar surface area (TPSA) is 88.9 Å². The van der Waals surface area contributed by atoms with Gasteiger partial charge in [0.15, 0.2) is 5.82 Å². The van der Waals surface area contributed by atoms with E-state index in [0.29, 0.717) is 19.6 Å². The Balaban J connectivity index is 1.40. The molecule has 1 atom stereocenters. The van der Waals surface area contributed by atoms with E-state index in [9.17, 15) is 4.79 Å². The van der Waals surface area contributed by atoms with Crippen molar-refractivity contribution in [3.63, 3.8) is 0 Å². The summed E-state index contributed by atoms with van der Waals surface area (Å²) in [5, 5.41) is 15.5. The number of fused-ring (bicyclic) bond motifs is 1. The maximum absolute atomic E-state index is 13.2. The van der Waals surface area contributed by atoms with E-state index in [1.165, 1.54) is 5.56 Å². The summed E-state index contributed by atoms with van der Waals surface area (Å²) >= 11 is 0. The minimum absolute atomic E-state index is 0.0625. The van der Waals surface area contributed by atoms with Gasteiger partial charge in [0.25, 0.3) is 0 Å². The Hall–Kier alpha value is -4.46. The third kappa shape index (κ3) is 5.91. The highest BCUT2D eigenvalue weighted by Crippen LogP contribution is 2.34. The molecule has 3 aromatic carbocycles. The zero-order chi connectivity index (χ0) is 26.3. The van der Waals surface area contributed by atoms with Crippen LogP contribution in [0.25, 0.3) is 10.9 Å². The third-order valence-electron chi connectivity index (χ3n) is 6.85. The van der Waals surface area contributed by atoms with Crippen molar-refractivity contribution in [1.29, 1.82) is 0 Å². The van der Waals surface area contributed by atoms with Crippen molar-refractivity contribution in [2.45, 2.75) is 38.8 Å². The van der Waals surface area contributed by atoms with Crippen molar-refractivity contribution >= 4 is 16.8 Å². The second-order valence-electron chi connectivity index (χ2n) is 9.65. The van der Waals surface area contributed by atoms with Crippen molar-refractivity contribution in [3.8, 4) is 5.75 Å². The van der Waals surface area contributed by atoms with Gasteiger partial charge in [-0.3, -0.25) is 4.79 Å². The number of aromatic amines is 1. The largest absolute Gasteiger partial charge is 0.488 e. The first-order valence-electron chi connectivity index (χ1n) is 12.9. The quantitative estimate of drug-likeness (QED) is 0.277. The minimum Gasteiger partial charge on any atom is -0.488 e. The van der Waals surface area contributed by atoms with Gasteiger partial charge in [-0.1, -0.05) is 73.7 Å². The number of likely N-dealkylation sites (N-methyl/N-ethyl adjacent to an activating group) is 1. The van der Waals surface area contributed by atoms with Gasteiger partial charge in [0.2, 0.25) is 5.91 Å². The lowest BCUT2D eigenvalue weighted by Gasteiger charge is -2.18. The summed E-state index contributed by atoms with van der Waals surface area (Å²) in [5.74, 6) is 1.65. The van der Waals surface area contributed by atoms with Crippen LogP contribution in [0.3, 0.4) is 0 Å². The number of rotatable bonds is 11. The molecule has 0 aliphatic rings. The standard InChI is InChI=1S/C30H32N6O2/c1-22(30-31-33-34-32-30)18-25-19-36(20-28(37)35(2)17-16-23-10-5-3-6-11-23)26-14-9-15-27(29(25)26)38-21-24-12-7-4-8-13-24/h3-15,19,22H,16-18,20-21H2,1-2H3,(H,31,32,33,34). The van der Waals surface area contributed by atoms with E-state index in [2.05, 4.69) is 58.0 Å². The lowest BCUT2D eigenvalue weighted by molar-refractivity contribution is -0.130. The fourth-order valence-electron chi connectivity index (χ4n) is 4.68. The first kappa shape index (κ1) is 25.2. The molecule has 0 spiro atoms. The maximum atomic E-state index is 13.2. The van der Waals surface area contributed by atoms with Gasteiger partial charge < -0.3 is 14.2 Å². The molecule has 0 fully saturated rings. The van der Waals surface area contributed by atoms with E-state index in [1.54, 1.807) is 4.90 Å². The van der Waals surface area contributed by atoms with Gasteiger partial charge in [-0.2, -0.15) is 0 Å². The van der Waals surface area contributed by atoms with E-state index in [0.717, 1.165) is 40.0 Å². The number of ether oxygens (including phenoxy) is 1. The van der Waals surface area contributed by atoms with Crippen molar-refractivity contribution < 1.29 is 9.53 Å². The lowest BCUT2D eigenvalue weighted by Crippen LogP contribution is -2.31. The number of H-pyrrole nitrogens is 1. The Morgan fingerprint density at radius 3 is 2.45 bits per heavy atom. The number of nitrogens with zero attached hydrogens (tertiary/aromatic N) is 5. The average molecular weight is 509 g/mol. The van der Waals surface area contributed by atoms with Crippen LogP contribution in [-0.2, 0) is 30.8 Å². The Bertz CT molecular complexity index is 1470. The number of nitrogens with one attached hydrogen (secondary N) is 1. The van der Waals surface area contributed by atoms with Gasteiger partial charge in [0, 0.05) is 31.1 Å². The molecule has 2 aromatic heterocycles. The molecular formula is C30H32N6O2. The van der Waals surface area contributed by atoms with Crippen LogP contribution in [0.1, 0.15) is 35.4 Å². The highest BCUT2D eigenvalue weighted by atomic mass is 16.5. The molecule has 0 aliphatic heterocycles. The van der Waals surface area contributed by atoms with Crippen LogP contribution < -0.4 is 4.74 Å². The van der Waals surface area contributed by atoms with Crippen LogP contribution in [-0.4, -0.2) is 49.6 Å². The van der Waals surface area contributed by atoms with Gasteiger partial charge in [0.1, 0.15) is 18.9 Å². The third-order valence-corrected chi connectivity index (χ3v) is 6.85. The van der Waals surface area contributed by atoms with E-state index >= 15 is 0 Å². The molecule has 0 bridgehead atoms. The molecule has 1 unspecified atom stereocenters. The number of aromatic nitrogens is 5. The van der Waals surface area contributed by atoms with Gasteiger partial charge in [-0.05, 0) is 52.1 Å². The smallest absolute Gasteiger partial charge is 0.242 e. The molecule has 2 heterocycles. The van der Waals surface area contributed by atoms with Crippen LogP contribution in [0.2, 0.25) is 0 Å². The minimum atomic E-state index is 0.0625. The highest BCUT2D eigenvalue weighted by Gasteiger charge is 2.20. The molecule has 1 amide bonds. The SMILES string of the molecule is CC(Cc1cn(CC(=O)N(C)CCc2ccccc2)c2cccc(OCc3ccccc3)c12)c1nnn[nH]1. The molecule has 8 heteroatoms. The molecule has 38 heavy (non-hydrogen) atoms. The molecule has 5 aromatic rings. The Kier molecular flexibility index (Phi) is 7.78. The van der Waals surface area contributed by atoms with Gasteiger partial charge >= 0.3 is 0 Å². The first-order chi connectivity index (χ1) is 18.6. The summed E-state index contributed by atoms with van der Waals surface area (Å²) in [4.78, 5) is 15.0. The molecule has 0 saturated heterocycles. The summed E-state index contributed by atoms with van der Waals surface area (Å²) in [6.07, 6.45) is 3.59. The zero-order valence-electron chi connectivity index (χ0n) is 21.7. The number of hydrogen-bond donors (Lipinski definition) is 1. The Morgan fingerprint density at radius 1 is 1.00 bits per heavy atom. The fraction of sp³-hybridized carbons (Fsp3) is 0.267.